The van der Waals surface area contributed by atoms with Gasteiger partial charge in [-0.25, -0.2) is 0 Å². The van der Waals surface area contributed by atoms with Crippen LogP contribution in [0.25, 0.3) is 0 Å². The topological polar surface area (TPSA) is 103 Å². The first-order valence-electron chi connectivity index (χ1n) is 3.35. The highest BCUT2D eigenvalue weighted by Gasteiger charge is 1.99. The zero-order valence-electron chi connectivity index (χ0n) is 8.51. The predicted molar refractivity (Wildman–Crippen MR) is 71.7 cm³/mol. The Kier molecular flexibility index (Phi) is 38.9. The zero-order chi connectivity index (χ0) is 12.3. The van der Waals surface area contributed by atoms with E-state index >= 15 is 0 Å². The molecule has 4 N–H and O–H groups in total. The Morgan fingerprint density at radius 2 is 1.00 bits per heavy atom. The minimum absolute atomic E-state index is 0. The fourth-order valence-corrected chi connectivity index (χ4v) is 0. The van der Waals surface area contributed by atoms with Crippen molar-refractivity contribution in [2.24, 2.45) is 11.5 Å². The zero-order valence-corrected chi connectivity index (χ0v) is 12.5. The van der Waals surface area contributed by atoms with Gasteiger partial charge in [-0.1, -0.05) is 0 Å². The summed E-state index contributed by atoms with van der Waals surface area (Å²) in [5.74, 6) is 0. The minimum atomic E-state index is -0.522. The van der Waals surface area contributed by atoms with Crippen molar-refractivity contribution >= 4 is 71.0 Å². The van der Waals surface area contributed by atoms with Crippen molar-refractivity contribution in [2.45, 2.75) is 25.9 Å². The first kappa shape index (κ1) is 29.9. The number of carbonyl (C=O) groups excluding carboxylic acids is 2. The second kappa shape index (κ2) is 20.8. The molecule has 5 nitrogen and oxygen atoms in total. The lowest BCUT2D eigenvalue weighted by Crippen LogP contribution is -2.21. The lowest BCUT2D eigenvalue weighted by molar-refractivity contribution is -0.113. The molecule has 0 aliphatic carbocycles. The summed E-state index contributed by atoms with van der Waals surface area (Å²) >= 11 is 12.5. The number of nitrogens with two attached hydrogens (primary N) is 2. The Morgan fingerprint density at radius 1 is 0.938 bits per heavy atom. The fraction of sp³-hybridized carbons (Fsp3) is 0.667. The molecule has 0 unspecified atom stereocenters. The van der Waals surface area contributed by atoms with Crippen LogP contribution in [-0.4, -0.2) is 26.8 Å². The van der Waals surface area contributed by atoms with Crippen molar-refractivity contribution in [3.63, 3.8) is 0 Å². The van der Waals surface area contributed by atoms with Crippen molar-refractivity contribution in [1.29, 1.82) is 0 Å². The van der Waals surface area contributed by atoms with E-state index in [-0.39, 0.29) is 24.8 Å². The average molecular weight is 336 g/mol. The molecule has 2 atom stereocenters. The van der Waals surface area contributed by atoms with Crippen LogP contribution in [0.3, 0.4) is 0 Å². The third kappa shape index (κ3) is 36.6. The number of halogens is 4. The van der Waals surface area contributed by atoms with Crippen LogP contribution in [0.2, 0.25) is 0 Å². The summed E-state index contributed by atoms with van der Waals surface area (Å²) in [5.41, 5.74) is 9.91. The van der Waals surface area contributed by atoms with Crippen molar-refractivity contribution < 1.29 is 13.8 Å². The van der Waals surface area contributed by atoms with Gasteiger partial charge in [0.05, 0.1) is 12.1 Å². The summed E-state index contributed by atoms with van der Waals surface area (Å²) in [6.07, 6.45) is 0. The number of hydrogen-bond donors (Lipinski definition) is 2. The van der Waals surface area contributed by atoms with E-state index in [0.29, 0.717) is 0 Å². The molecule has 0 aliphatic rings. The van der Waals surface area contributed by atoms with Gasteiger partial charge >= 0.3 is 0 Å². The molecule has 16 heavy (non-hydrogen) atoms. The molecule has 0 aromatic carbocycles. The molecule has 0 saturated heterocycles. The molecule has 0 spiro atoms. The fourth-order valence-electron chi connectivity index (χ4n) is 0. The van der Waals surface area contributed by atoms with Gasteiger partial charge < -0.3 is 11.5 Å². The summed E-state index contributed by atoms with van der Waals surface area (Å²) in [7, 11) is 0. The Balaban J connectivity index is -0.0000000393. The van der Waals surface area contributed by atoms with Crippen molar-refractivity contribution in [3.05, 3.63) is 0 Å². The highest BCUT2D eigenvalue weighted by atomic mass is 35.5. The standard InChI is InChI=1S/2C3H6ClNO.2ClH.OS/c2*1-2(5)3(4)6;;;1-2/h2*2H,5H2,1H3;2*1H;/t2*2-;;;/m00.../s1. The summed E-state index contributed by atoms with van der Waals surface area (Å²) in [6.45, 7) is 3.07. The lowest BCUT2D eigenvalue weighted by atomic mass is 10.4. The monoisotopic (exact) mass is 334 g/mol. The van der Waals surface area contributed by atoms with Gasteiger partial charge in [0.1, 0.15) is 0 Å². The molecule has 0 aliphatic heterocycles. The molecule has 0 fully saturated rings. The number of hydrogen-bond acceptors (Lipinski definition) is 6. The van der Waals surface area contributed by atoms with Gasteiger partial charge in [0, 0.05) is 0 Å². The summed E-state index contributed by atoms with van der Waals surface area (Å²) < 4.78 is 7.83. The van der Waals surface area contributed by atoms with E-state index in [9.17, 15) is 9.59 Å². The van der Waals surface area contributed by atoms with Crippen LogP contribution in [0, 0.1) is 0 Å². The van der Waals surface area contributed by atoms with Gasteiger partial charge in [-0.15, -0.1) is 24.8 Å². The van der Waals surface area contributed by atoms with Crippen LogP contribution in [0.5, 0.6) is 0 Å². The van der Waals surface area contributed by atoms with E-state index in [1.165, 1.54) is 13.8 Å². The van der Waals surface area contributed by atoms with Crippen molar-refractivity contribution in [3.8, 4) is 0 Å². The van der Waals surface area contributed by atoms with Crippen LogP contribution in [0.4, 0.5) is 0 Å². The van der Waals surface area contributed by atoms with Gasteiger partial charge in [0.15, 0.2) is 12.5 Å². The van der Waals surface area contributed by atoms with E-state index in [2.05, 4.69) is 12.5 Å². The van der Waals surface area contributed by atoms with Crippen LogP contribution < -0.4 is 11.5 Å². The normalized spacial score (nSPS) is 10.6. The summed E-state index contributed by atoms with van der Waals surface area (Å²) in [6, 6.07) is -1.04. The van der Waals surface area contributed by atoms with Gasteiger partial charge in [0.2, 0.25) is 10.5 Å². The van der Waals surface area contributed by atoms with Crippen LogP contribution in [0.15, 0.2) is 0 Å². The minimum Gasteiger partial charge on any atom is -0.321 e. The molecule has 0 radical (unpaired) electrons. The molecule has 100 valence electrons. The second-order valence-electron chi connectivity index (χ2n) is 2.19. The average Bonchev–Trinajstić information content (AvgIpc) is 2.08. The maximum absolute atomic E-state index is 9.78. The van der Waals surface area contributed by atoms with Gasteiger partial charge in [0.25, 0.3) is 0 Å². The lowest BCUT2D eigenvalue weighted by Gasteiger charge is -1.89. The second-order valence-corrected chi connectivity index (χ2v) is 2.93. The molecule has 0 aromatic heterocycles. The Hall–Kier alpha value is 0.440. The van der Waals surface area contributed by atoms with Gasteiger partial charge in [-0.3, -0.25) is 9.59 Å². The summed E-state index contributed by atoms with van der Waals surface area (Å²) in [4.78, 5) is 19.6. The molecule has 0 bridgehead atoms. The highest BCUT2D eigenvalue weighted by Crippen LogP contribution is 1.82. The Morgan fingerprint density at radius 3 is 1.00 bits per heavy atom. The maximum atomic E-state index is 9.78. The van der Waals surface area contributed by atoms with E-state index in [0.717, 1.165) is 0 Å². The first-order chi connectivity index (χ1) is 6.29. The van der Waals surface area contributed by atoms with Crippen molar-refractivity contribution in [1.82, 2.24) is 0 Å². The predicted octanol–water partition coefficient (Wildman–Crippen LogP) is 0.705. The van der Waals surface area contributed by atoms with Crippen LogP contribution >= 0.6 is 48.0 Å². The quantitative estimate of drug-likeness (QED) is 0.720. The van der Waals surface area contributed by atoms with Gasteiger partial charge in [-0.05, 0) is 37.0 Å². The molecular weight excluding hydrogens is 322 g/mol. The van der Waals surface area contributed by atoms with E-state index in [4.69, 9.17) is 38.9 Å². The highest BCUT2D eigenvalue weighted by molar-refractivity contribution is 7.44. The van der Waals surface area contributed by atoms with Crippen LogP contribution in [0.1, 0.15) is 13.8 Å². The Bertz CT molecular complexity index is 165. The number of carbonyl (C=O) groups is 2. The molecule has 0 rings (SSSR count). The van der Waals surface area contributed by atoms with E-state index in [1.54, 1.807) is 0 Å². The molecular formula is C6H14Cl4N2O3S. The summed E-state index contributed by atoms with van der Waals surface area (Å²) in [5, 5.41) is -0.981. The first-order valence-corrected chi connectivity index (χ1v) is 4.44. The molecule has 0 amide bonds. The SMILES string of the molecule is C[C@H](N)C(=O)Cl.C[C@H](N)C(=O)Cl.Cl.Cl.O=S. The third-order valence-electron chi connectivity index (χ3n) is 0.716. The Labute approximate surface area is 122 Å². The maximum Gasteiger partial charge on any atom is 0.238 e. The van der Waals surface area contributed by atoms with Gasteiger partial charge in [-0.2, -0.15) is 4.21 Å². The van der Waals surface area contributed by atoms with E-state index < -0.39 is 22.6 Å². The molecule has 0 saturated carbocycles. The van der Waals surface area contributed by atoms with Crippen molar-refractivity contribution in [2.75, 3.05) is 0 Å². The molecule has 0 heterocycles. The van der Waals surface area contributed by atoms with Crippen LogP contribution in [-0.2, 0) is 22.1 Å². The smallest absolute Gasteiger partial charge is 0.238 e. The molecule has 0 aromatic rings. The third-order valence-corrected chi connectivity index (χ3v) is 1.40. The largest absolute Gasteiger partial charge is 0.321 e. The van der Waals surface area contributed by atoms with E-state index in [1.807, 2.05) is 0 Å². The molecule has 10 heteroatoms. The number of rotatable bonds is 2.